The topological polar surface area (TPSA) is 96.9 Å². The van der Waals surface area contributed by atoms with E-state index in [9.17, 15) is 19.2 Å². The van der Waals surface area contributed by atoms with Crippen molar-refractivity contribution in [1.82, 2.24) is 9.88 Å². The van der Waals surface area contributed by atoms with E-state index in [4.69, 9.17) is 16.3 Å². The van der Waals surface area contributed by atoms with Crippen molar-refractivity contribution in [3.8, 4) is 0 Å². The summed E-state index contributed by atoms with van der Waals surface area (Å²) in [4.78, 5) is 56.3. The van der Waals surface area contributed by atoms with Crippen LogP contribution in [0.15, 0.2) is 29.6 Å². The molecule has 1 aliphatic heterocycles. The van der Waals surface area contributed by atoms with Gasteiger partial charge in [0, 0.05) is 17.3 Å². The zero-order valence-electron chi connectivity index (χ0n) is 17.5. The van der Waals surface area contributed by atoms with E-state index in [1.165, 1.54) is 23.2 Å². The van der Waals surface area contributed by atoms with Crippen LogP contribution in [0.2, 0.25) is 5.02 Å². The van der Waals surface area contributed by atoms with Crippen LogP contribution in [0, 0.1) is 11.8 Å². The minimum atomic E-state index is -0.668. The molecule has 168 valence electrons. The van der Waals surface area contributed by atoms with Gasteiger partial charge in [0.2, 0.25) is 17.7 Å². The van der Waals surface area contributed by atoms with Crippen molar-refractivity contribution in [2.24, 2.45) is 11.8 Å². The third kappa shape index (κ3) is 4.54. The maximum absolute atomic E-state index is 12.5. The van der Waals surface area contributed by atoms with Gasteiger partial charge in [-0.2, -0.15) is 0 Å². The smallest absolute Gasteiger partial charge is 0.326 e. The quantitative estimate of drug-likeness (QED) is 0.467. The van der Waals surface area contributed by atoms with Gasteiger partial charge in [-0.1, -0.05) is 30.5 Å². The normalized spacial score (nSPS) is 20.2. The second-order valence-electron chi connectivity index (χ2n) is 7.88. The Kier molecular flexibility index (Phi) is 6.57. The molecule has 0 N–H and O–H groups in total. The minimum Gasteiger partial charge on any atom is -0.458 e. The van der Waals surface area contributed by atoms with Crippen molar-refractivity contribution < 1.29 is 23.9 Å². The largest absolute Gasteiger partial charge is 0.458 e. The number of imide groups is 1. The average molecular weight is 476 g/mol. The van der Waals surface area contributed by atoms with E-state index in [1.807, 2.05) is 0 Å². The Morgan fingerprint density at radius 3 is 2.53 bits per heavy atom. The summed E-state index contributed by atoms with van der Waals surface area (Å²) < 4.78 is 5.25. The molecule has 10 heteroatoms. The standard InChI is InChI=1S/C22H22ClN3O5S/c1-13(27)26(16-6-4-5-14(23)9-16)22-24-15(12-32-22)11-31-19(28)10-25-20(29)17-7-2-3-8-18(17)21(25)30/h4-6,9,12,17-18H,2-3,7-8,10-11H2,1H3. The molecule has 8 nitrogen and oxygen atoms in total. The maximum Gasteiger partial charge on any atom is 0.326 e. The number of hydrogen-bond donors (Lipinski definition) is 0. The minimum absolute atomic E-state index is 0.125. The Hall–Kier alpha value is -2.78. The van der Waals surface area contributed by atoms with Crippen LogP contribution in [0.25, 0.3) is 0 Å². The van der Waals surface area contributed by atoms with Gasteiger partial charge in [0.1, 0.15) is 13.2 Å². The van der Waals surface area contributed by atoms with Gasteiger partial charge in [0.05, 0.1) is 23.2 Å². The SMILES string of the molecule is CC(=O)N(c1cccc(Cl)c1)c1nc(COC(=O)CN2C(=O)C3CCCCC3C2=O)cs1. The van der Waals surface area contributed by atoms with Crippen LogP contribution in [0.4, 0.5) is 10.8 Å². The maximum atomic E-state index is 12.5. The zero-order chi connectivity index (χ0) is 22.8. The molecule has 2 unspecified atom stereocenters. The van der Waals surface area contributed by atoms with Crippen LogP contribution < -0.4 is 4.90 Å². The first-order chi connectivity index (χ1) is 15.3. The Morgan fingerprint density at radius 1 is 1.22 bits per heavy atom. The third-order valence-corrected chi connectivity index (χ3v) is 6.82. The van der Waals surface area contributed by atoms with Crippen LogP contribution in [0.3, 0.4) is 0 Å². The predicted octanol–water partition coefficient (Wildman–Crippen LogP) is 3.70. The van der Waals surface area contributed by atoms with Gasteiger partial charge in [-0.15, -0.1) is 11.3 Å². The molecule has 0 spiro atoms. The summed E-state index contributed by atoms with van der Waals surface area (Å²) in [7, 11) is 0. The lowest BCUT2D eigenvalue weighted by Crippen LogP contribution is -2.36. The lowest BCUT2D eigenvalue weighted by atomic mass is 9.81. The predicted molar refractivity (Wildman–Crippen MR) is 118 cm³/mol. The molecule has 32 heavy (non-hydrogen) atoms. The number of halogens is 1. The number of amides is 3. The Labute approximate surface area is 194 Å². The summed E-state index contributed by atoms with van der Waals surface area (Å²) in [5, 5.41) is 2.59. The molecule has 0 bridgehead atoms. The number of ether oxygens (including phenoxy) is 1. The molecule has 2 heterocycles. The molecule has 2 atom stereocenters. The molecule has 1 aromatic carbocycles. The molecule has 2 fully saturated rings. The number of rotatable bonds is 6. The number of thiazole rings is 1. The fourth-order valence-electron chi connectivity index (χ4n) is 4.22. The van der Waals surface area contributed by atoms with Crippen molar-refractivity contribution in [3.05, 3.63) is 40.4 Å². The first kappa shape index (κ1) is 22.4. The summed E-state index contributed by atoms with van der Waals surface area (Å²) in [6.07, 6.45) is 3.25. The van der Waals surface area contributed by atoms with E-state index in [-0.39, 0.29) is 42.7 Å². The molecule has 3 amide bonds. The second-order valence-corrected chi connectivity index (χ2v) is 9.15. The lowest BCUT2D eigenvalue weighted by molar-refractivity contribution is -0.153. The monoisotopic (exact) mass is 475 g/mol. The Morgan fingerprint density at radius 2 is 1.91 bits per heavy atom. The first-order valence-electron chi connectivity index (χ1n) is 10.4. The van der Waals surface area contributed by atoms with Gasteiger partial charge in [-0.05, 0) is 31.0 Å². The van der Waals surface area contributed by atoms with Crippen molar-refractivity contribution in [2.45, 2.75) is 39.2 Å². The fourth-order valence-corrected chi connectivity index (χ4v) is 5.28. The molecule has 1 aromatic heterocycles. The fraction of sp³-hybridized carbons (Fsp3) is 0.409. The average Bonchev–Trinajstić information content (AvgIpc) is 3.31. The van der Waals surface area contributed by atoms with Crippen LogP contribution in [-0.2, 0) is 30.5 Å². The van der Waals surface area contributed by atoms with Crippen molar-refractivity contribution in [3.63, 3.8) is 0 Å². The van der Waals surface area contributed by atoms with Crippen LogP contribution >= 0.6 is 22.9 Å². The van der Waals surface area contributed by atoms with Gasteiger partial charge in [0.15, 0.2) is 5.13 Å². The van der Waals surface area contributed by atoms with Gasteiger partial charge in [0.25, 0.3) is 0 Å². The van der Waals surface area contributed by atoms with Gasteiger partial charge in [-0.25, -0.2) is 4.98 Å². The number of aromatic nitrogens is 1. The second kappa shape index (κ2) is 9.38. The molecule has 1 saturated carbocycles. The molecule has 2 aliphatic rings. The molecule has 1 aliphatic carbocycles. The van der Waals surface area contributed by atoms with E-state index in [2.05, 4.69) is 4.98 Å². The Balaban J connectivity index is 1.37. The van der Waals surface area contributed by atoms with Crippen LogP contribution in [-0.4, -0.2) is 40.1 Å². The molecule has 4 rings (SSSR count). The molecular weight excluding hydrogens is 454 g/mol. The lowest BCUT2D eigenvalue weighted by Gasteiger charge is -2.19. The molecule has 0 radical (unpaired) electrons. The molecular formula is C22H22ClN3O5S. The number of esters is 1. The summed E-state index contributed by atoms with van der Waals surface area (Å²) in [5.74, 6) is -2.04. The van der Waals surface area contributed by atoms with E-state index >= 15 is 0 Å². The highest BCUT2D eigenvalue weighted by Gasteiger charge is 2.48. The van der Waals surface area contributed by atoms with Crippen molar-refractivity contribution >= 4 is 57.4 Å². The highest BCUT2D eigenvalue weighted by molar-refractivity contribution is 7.14. The number of carbonyl (C=O) groups excluding carboxylic acids is 4. The number of nitrogens with zero attached hydrogens (tertiary/aromatic N) is 3. The Bertz CT molecular complexity index is 1050. The highest BCUT2D eigenvalue weighted by Crippen LogP contribution is 2.38. The number of carbonyl (C=O) groups is 4. The summed E-state index contributed by atoms with van der Waals surface area (Å²) >= 11 is 7.26. The number of fused-ring (bicyclic) bond motifs is 1. The van der Waals surface area contributed by atoms with Gasteiger partial charge >= 0.3 is 5.97 Å². The summed E-state index contributed by atoms with van der Waals surface area (Å²) in [5.41, 5.74) is 1.04. The zero-order valence-corrected chi connectivity index (χ0v) is 19.0. The van der Waals surface area contributed by atoms with Gasteiger partial charge in [-0.3, -0.25) is 29.0 Å². The van der Waals surface area contributed by atoms with E-state index in [0.717, 1.165) is 17.7 Å². The van der Waals surface area contributed by atoms with E-state index < -0.39 is 5.97 Å². The summed E-state index contributed by atoms with van der Waals surface area (Å²) in [6.45, 7) is 0.910. The van der Waals surface area contributed by atoms with E-state index in [1.54, 1.807) is 29.6 Å². The van der Waals surface area contributed by atoms with Crippen molar-refractivity contribution in [2.75, 3.05) is 11.4 Å². The van der Waals surface area contributed by atoms with Crippen LogP contribution in [0.5, 0.6) is 0 Å². The van der Waals surface area contributed by atoms with E-state index in [0.29, 0.717) is 34.4 Å². The molecule has 1 saturated heterocycles. The first-order valence-corrected chi connectivity index (χ1v) is 11.6. The number of benzene rings is 1. The van der Waals surface area contributed by atoms with Crippen LogP contribution in [0.1, 0.15) is 38.3 Å². The number of hydrogen-bond acceptors (Lipinski definition) is 7. The summed E-state index contributed by atoms with van der Waals surface area (Å²) in [6, 6.07) is 6.85. The number of anilines is 2. The molecule has 2 aromatic rings. The van der Waals surface area contributed by atoms with Crippen molar-refractivity contribution in [1.29, 1.82) is 0 Å². The number of likely N-dealkylation sites (tertiary alicyclic amines) is 1. The third-order valence-electron chi connectivity index (χ3n) is 5.71. The highest BCUT2D eigenvalue weighted by atomic mass is 35.5. The van der Waals surface area contributed by atoms with Gasteiger partial charge < -0.3 is 4.74 Å².